The molecule has 0 bridgehead atoms. The molecule has 216 valence electrons. The zero-order chi connectivity index (χ0) is 29.2. The lowest BCUT2D eigenvalue weighted by Crippen LogP contribution is -2.54. The Morgan fingerprint density at radius 2 is 1.95 bits per heavy atom. The van der Waals surface area contributed by atoms with Crippen molar-refractivity contribution in [3.05, 3.63) is 75.4 Å². The van der Waals surface area contributed by atoms with Crippen molar-refractivity contribution in [2.24, 2.45) is 0 Å². The molecule has 1 aliphatic heterocycles. The number of fused-ring (bicyclic) bond motifs is 2. The Kier molecular flexibility index (Phi) is 12.1. The third-order valence-corrected chi connectivity index (χ3v) is 8.81. The molecule has 5 nitrogen and oxygen atoms in total. The summed E-state index contributed by atoms with van der Waals surface area (Å²) in [5, 5.41) is 8.33. The first kappa shape index (κ1) is 31.8. The number of alkyl halides is 1. The molecule has 1 unspecified atom stereocenters. The van der Waals surface area contributed by atoms with Crippen molar-refractivity contribution >= 4 is 17.1 Å². The first-order valence-corrected chi connectivity index (χ1v) is 15.5. The number of carbonyl (C=O) groups is 1. The maximum atomic E-state index is 12.8. The zero-order valence-electron chi connectivity index (χ0n) is 24.9. The second-order valence-corrected chi connectivity index (χ2v) is 11.7. The first-order valence-electron chi connectivity index (χ1n) is 14.7. The molecule has 0 spiro atoms. The van der Waals surface area contributed by atoms with Crippen LogP contribution in [0.15, 0.2) is 37.7 Å². The van der Waals surface area contributed by atoms with E-state index >= 15 is 0 Å². The molecule has 1 atom stereocenters. The summed E-state index contributed by atoms with van der Waals surface area (Å²) in [6.45, 7) is 17.3. The van der Waals surface area contributed by atoms with Crippen LogP contribution < -0.4 is 0 Å². The number of carbonyl (C=O) groups excluding carboxylic acids is 1. The summed E-state index contributed by atoms with van der Waals surface area (Å²) in [5.41, 5.74) is 8.05. The predicted molar refractivity (Wildman–Crippen MR) is 165 cm³/mol. The van der Waals surface area contributed by atoms with Gasteiger partial charge in [-0.3, -0.25) is 14.7 Å². The molecular weight excluding hydrogens is 519 g/mol. The van der Waals surface area contributed by atoms with Gasteiger partial charge in [0.2, 0.25) is 0 Å². The van der Waals surface area contributed by atoms with Crippen molar-refractivity contribution in [2.75, 3.05) is 13.1 Å². The van der Waals surface area contributed by atoms with E-state index in [-0.39, 0.29) is 5.78 Å². The number of halogens is 1. The maximum absolute atomic E-state index is 12.8. The Bertz CT molecular complexity index is 1270. The van der Waals surface area contributed by atoms with Crippen LogP contribution in [-0.4, -0.2) is 51.2 Å². The van der Waals surface area contributed by atoms with Gasteiger partial charge in [-0.05, 0) is 93.2 Å². The zero-order valence-corrected chi connectivity index (χ0v) is 25.7. The molecule has 0 amide bonds. The van der Waals surface area contributed by atoms with E-state index in [2.05, 4.69) is 53.2 Å². The summed E-state index contributed by atoms with van der Waals surface area (Å²) >= 11 is 1.94. The molecule has 3 aromatic heterocycles. The van der Waals surface area contributed by atoms with Gasteiger partial charge < -0.3 is 0 Å². The van der Waals surface area contributed by atoms with E-state index in [1.165, 1.54) is 28.8 Å². The Hall–Kier alpha value is -2.77. The second kappa shape index (κ2) is 15.3. The first-order chi connectivity index (χ1) is 19.4. The van der Waals surface area contributed by atoms with Crippen LogP contribution >= 0.6 is 11.3 Å². The number of nitrogens with zero attached hydrogens (tertiary/aromatic N) is 4. The monoisotopic (exact) mass is 564 g/mol. The summed E-state index contributed by atoms with van der Waals surface area (Å²) in [6, 6.07) is 4.92. The molecule has 3 aliphatic rings. The highest BCUT2D eigenvalue weighted by Gasteiger charge is 2.34. The molecule has 0 saturated carbocycles. The Balaban J connectivity index is 0.000000204. The minimum Gasteiger partial charge on any atom is -0.300 e. The van der Waals surface area contributed by atoms with Crippen LogP contribution in [0, 0.1) is 6.92 Å². The van der Waals surface area contributed by atoms with Crippen molar-refractivity contribution in [3.8, 4) is 11.3 Å². The topological polar surface area (TPSA) is 59.0 Å². The van der Waals surface area contributed by atoms with E-state index < -0.39 is 6.17 Å². The number of aromatic nitrogens is 3. The van der Waals surface area contributed by atoms with Crippen LogP contribution in [0.4, 0.5) is 4.39 Å². The van der Waals surface area contributed by atoms with Gasteiger partial charge in [0.1, 0.15) is 12.0 Å². The average molecular weight is 565 g/mol. The third-order valence-electron chi connectivity index (χ3n) is 7.66. The van der Waals surface area contributed by atoms with Gasteiger partial charge in [0, 0.05) is 59.0 Å². The molecule has 4 heterocycles. The number of ketones is 1. The summed E-state index contributed by atoms with van der Waals surface area (Å²) in [4.78, 5) is 21.6. The summed E-state index contributed by atoms with van der Waals surface area (Å²) in [7, 11) is 0. The number of hydrogen-bond acceptors (Lipinski definition) is 6. The van der Waals surface area contributed by atoms with Crippen LogP contribution in [0.5, 0.6) is 0 Å². The fourth-order valence-electron chi connectivity index (χ4n) is 5.82. The molecule has 6 rings (SSSR count). The normalized spacial score (nSPS) is 17.5. The van der Waals surface area contributed by atoms with Crippen LogP contribution in [0.3, 0.4) is 0 Å². The fraction of sp³-hybridized carbons (Fsp3) is 0.515. The van der Waals surface area contributed by atoms with Crippen LogP contribution in [0.25, 0.3) is 11.3 Å². The largest absolute Gasteiger partial charge is 0.300 e. The van der Waals surface area contributed by atoms with Gasteiger partial charge >= 0.3 is 0 Å². The van der Waals surface area contributed by atoms with Crippen molar-refractivity contribution < 1.29 is 9.18 Å². The summed E-state index contributed by atoms with van der Waals surface area (Å²) in [6.07, 6.45) is 11.1. The highest BCUT2D eigenvalue weighted by atomic mass is 32.1. The minimum absolute atomic E-state index is 0.179. The quantitative estimate of drug-likeness (QED) is 0.309. The maximum Gasteiger partial charge on any atom is 0.134 e. The van der Waals surface area contributed by atoms with E-state index in [4.69, 9.17) is 0 Å². The lowest BCUT2D eigenvalue weighted by atomic mass is 9.91. The van der Waals surface area contributed by atoms with Crippen molar-refractivity contribution in [1.82, 2.24) is 20.1 Å². The van der Waals surface area contributed by atoms with Gasteiger partial charge in [-0.25, -0.2) is 4.39 Å². The van der Waals surface area contributed by atoms with Gasteiger partial charge in [0.25, 0.3) is 0 Å². The predicted octanol–water partition coefficient (Wildman–Crippen LogP) is 7.12. The number of likely N-dealkylation sites (tertiary alicyclic amines) is 1. The molecular formula is C33H45FN4OS. The van der Waals surface area contributed by atoms with E-state index in [1.54, 1.807) is 18.0 Å². The number of pyridine rings is 1. The summed E-state index contributed by atoms with van der Waals surface area (Å²) in [5.74, 6) is 0.179. The van der Waals surface area contributed by atoms with Gasteiger partial charge in [0.05, 0.1) is 5.69 Å². The summed E-state index contributed by atoms with van der Waals surface area (Å²) < 4.78 is 12.8. The lowest BCUT2D eigenvalue weighted by Gasteiger charge is -2.42. The second-order valence-electron chi connectivity index (χ2n) is 10.3. The minimum atomic E-state index is -0.560. The molecule has 7 heteroatoms. The van der Waals surface area contributed by atoms with Crippen LogP contribution in [0.2, 0.25) is 0 Å². The number of aryl methyl sites for hydroxylation is 4. The Morgan fingerprint density at radius 1 is 1.20 bits per heavy atom. The number of Topliss-reactive ketones (excluding diaryl/α,β-unsaturated/α-hetero) is 1. The number of thiophene rings is 1. The smallest absolute Gasteiger partial charge is 0.134 e. The van der Waals surface area contributed by atoms with Crippen LogP contribution in [0.1, 0.15) is 78.2 Å². The van der Waals surface area contributed by atoms with Gasteiger partial charge in [0.15, 0.2) is 0 Å². The molecule has 0 N–H and O–H groups in total. The van der Waals surface area contributed by atoms with Gasteiger partial charge in [-0.15, -0.1) is 24.5 Å². The lowest BCUT2D eigenvalue weighted by molar-refractivity contribution is -0.116. The average Bonchev–Trinajstić information content (AvgIpc) is 3.59. The van der Waals surface area contributed by atoms with Gasteiger partial charge in [-0.2, -0.15) is 10.2 Å². The van der Waals surface area contributed by atoms with E-state index in [1.807, 2.05) is 37.4 Å². The SMILES string of the molecule is C=C.CC.CCc1ccnnc1-c1cnc2c(c1CC(C)=O)CCC2.Cc1cc2c(s1)CCC(N1CC(F)C1)C2. The van der Waals surface area contributed by atoms with E-state index in [9.17, 15) is 9.18 Å². The van der Waals surface area contributed by atoms with Crippen molar-refractivity contribution in [3.63, 3.8) is 0 Å². The Labute approximate surface area is 244 Å². The molecule has 0 aromatic carbocycles. The highest BCUT2D eigenvalue weighted by molar-refractivity contribution is 7.12. The molecule has 0 radical (unpaired) electrons. The molecule has 40 heavy (non-hydrogen) atoms. The standard InChI is InChI=1S/C17H19N3O.C12H16FNS.C2H6.C2H4/c1-3-12-7-8-19-20-17(12)15-10-18-16-6-4-5-13(16)14(15)9-11(2)21;1-8-4-9-5-11(2-3-12(9)15-8)14-6-10(13)7-14;2*1-2/h7-8,10H,3-6,9H2,1-2H3;4,10-11H,2-3,5-7H2,1H3;1-2H3;1-2H2. The Morgan fingerprint density at radius 3 is 2.62 bits per heavy atom. The number of hydrogen-bond donors (Lipinski definition) is 0. The van der Waals surface area contributed by atoms with Crippen molar-refractivity contribution in [1.29, 1.82) is 0 Å². The highest BCUT2D eigenvalue weighted by Crippen LogP contribution is 2.34. The van der Waals surface area contributed by atoms with Gasteiger partial charge in [-0.1, -0.05) is 20.8 Å². The fourth-order valence-corrected chi connectivity index (χ4v) is 6.90. The molecule has 1 fully saturated rings. The molecule has 1 saturated heterocycles. The number of rotatable bonds is 5. The molecule has 3 aromatic rings. The van der Waals surface area contributed by atoms with E-state index in [0.29, 0.717) is 25.6 Å². The van der Waals surface area contributed by atoms with Crippen molar-refractivity contribution in [2.45, 2.75) is 98.2 Å². The van der Waals surface area contributed by atoms with Crippen LogP contribution in [-0.2, 0) is 43.3 Å². The third kappa shape index (κ3) is 7.49. The van der Waals surface area contributed by atoms with E-state index in [0.717, 1.165) is 60.2 Å². The molecule has 2 aliphatic carbocycles.